The molecule has 3 atom stereocenters. The monoisotopic (exact) mass is 658 g/mol. The largest absolute Gasteiger partial charge is 0.476 e. The van der Waals surface area contributed by atoms with Crippen molar-refractivity contribution < 1.29 is 23.9 Å². The summed E-state index contributed by atoms with van der Waals surface area (Å²) in [6, 6.07) is 15.3. The van der Waals surface area contributed by atoms with Gasteiger partial charge in [0.15, 0.2) is 5.60 Å². The van der Waals surface area contributed by atoms with Crippen LogP contribution >= 0.6 is 39.1 Å². The Morgan fingerprint density at radius 1 is 1.05 bits per heavy atom. The van der Waals surface area contributed by atoms with Gasteiger partial charge in [0.25, 0.3) is 0 Å². The number of fused-ring (bicyclic) bond motifs is 2. The van der Waals surface area contributed by atoms with E-state index in [-0.39, 0.29) is 24.8 Å². The molecule has 7 nitrogen and oxygen atoms in total. The Morgan fingerprint density at radius 2 is 1.76 bits per heavy atom. The van der Waals surface area contributed by atoms with Crippen LogP contribution in [-0.2, 0) is 24.5 Å². The quantitative estimate of drug-likeness (QED) is 0.278. The number of ether oxygens (including phenoxy) is 2. The average molecular weight is 660 g/mol. The summed E-state index contributed by atoms with van der Waals surface area (Å²) < 4.78 is 12.3. The predicted octanol–water partition coefficient (Wildman–Crippen LogP) is 7.02. The minimum Gasteiger partial charge on any atom is -0.476 e. The number of piperidine rings is 1. The number of esters is 1. The van der Waals surface area contributed by atoms with Crippen LogP contribution in [0.1, 0.15) is 61.4 Å². The first-order valence-electron chi connectivity index (χ1n) is 13.2. The van der Waals surface area contributed by atoms with Gasteiger partial charge < -0.3 is 20.1 Å². The third-order valence-electron chi connectivity index (χ3n) is 7.78. The Labute approximate surface area is 257 Å². The third-order valence-corrected chi connectivity index (χ3v) is 8.75. The molecule has 2 N–H and O–H groups in total. The summed E-state index contributed by atoms with van der Waals surface area (Å²) in [6.45, 7) is 7.09. The molecule has 2 aliphatic heterocycles. The minimum absolute atomic E-state index is 0.0156. The molecule has 2 heterocycles. The number of carbonyl (C=O) groups excluding carboxylic acids is 3. The van der Waals surface area contributed by atoms with Crippen LogP contribution in [0.3, 0.4) is 0 Å². The number of rotatable bonds is 6. The molecule has 0 saturated carbocycles. The number of carbonyl (C=O) groups is 3. The van der Waals surface area contributed by atoms with Gasteiger partial charge in [0, 0.05) is 38.1 Å². The zero-order chi connectivity index (χ0) is 29.7. The SMILES string of the molecule is CCOC(=O)C(C)(C)Oc1ccc(Br)cc1C1CC(=O)NC(c2cc(Cl)ccc2C)C12C(=O)Nc1cc(Cl)ccc12. The predicted molar refractivity (Wildman–Crippen MR) is 162 cm³/mol. The number of benzene rings is 3. The molecule has 0 aliphatic carbocycles. The number of amides is 2. The van der Waals surface area contributed by atoms with E-state index in [4.69, 9.17) is 32.7 Å². The smallest absolute Gasteiger partial charge is 0.349 e. The molecule has 0 aromatic heterocycles. The van der Waals surface area contributed by atoms with Crippen molar-refractivity contribution >= 4 is 62.6 Å². The molecule has 41 heavy (non-hydrogen) atoms. The van der Waals surface area contributed by atoms with E-state index in [1.807, 2.05) is 25.1 Å². The van der Waals surface area contributed by atoms with Crippen molar-refractivity contribution in [3.63, 3.8) is 0 Å². The molecule has 3 unspecified atom stereocenters. The van der Waals surface area contributed by atoms with Crippen LogP contribution in [0.2, 0.25) is 10.0 Å². The molecule has 3 aromatic carbocycles. The topological polar surface area (TPSA) is 93.7 Å². The first-order valence-corrected chi connectivity index (χ1v) is 14.8. The lowest BCUT2D eigenvalue weighted by Crippen LogP contribution is -2.57. The van der Waals surface area contributed by atoms with Crippen LogP contribution in [0.5, 0.6) is 5.75 Å². The summed E-state index contributed by atoms with van der Waals surface area (Å²) in [6.07, 6.45) is -0.0156. The Bertz CT molecular complexity index is 1580. The number of halogens is 3. The molecule has 1 fully saturated rings. The lowest BCUT2D eigenvalue weighted by atomic mass is 9.59. The van der Waals surface area contributed by atoms with Crippen molar-refractivity contribution in [2.75, 3.05) is 11.9 Å². The maximum absolute atomic E-state index is 14.4. The number of anilines is 1. The highest BCUT2D eigenvalue weighted by Gasteiger charge is 2.62. The lowest BCUT2D eigenvalue weighted by molar-refractivity contribution is -0.158. The van der Waals surface area contributed by atoms with Crippen LogP contribution < -0.4 is 15.4 Å². The Kier molecular flexibility index (Phi) is 7.87. The molecule has 1 saturated heterocycles. The Hall–Kier alpha value is -3.07. The molecule has 10 heteroatoms. The van der Waals surface area contributed by atoms with E-state index in [9.17, 15) is 14.4 Å². The summed E-state index contributed by atoms with van der Waals surface area (Å²) in [5.41, 5.74) is 0.788. The molecule has 2 aliphatic rings. The Balaban J connectivity index is 1.78. The summed E-state index contributed by atoms with van der Waals surface area (Å²) >= 11 is 16.4. The van der Waals surface area contributed by atoms with Gasteiger partial charge in [-0.25, -0.2) is 4.79 Å². The van der Waals surface area contributed by atoms with Gasteiger partial charge in [0.1, 0.15) is 11.2 Å². The van der Waals surface area contributed by atoms with Crippen LogP contribution in [0, 0.1) is 6.92 Å². The summed E-state index contributed by atoms with van der Waals surface area (Å²) in [5.74, 6) is -1.40. The lowest BCUT2D eigenvalue weighted by Gasteiger charge is -2.47. The molecule has 5 rings (SSSR count). The van der Waals surface area contributed by atoms with Gasteiger partial charge in [0.05, 0.1) is 12.6 Å². The zero-order valence-electron chi connectivity index (χ0n) is 22.9. The summed E-state index contributed by atoms with van der Waals surface area (Å²) in [5, 5.41) is 7.10. The van der Waals surface area contributed by atoms with E-state index >= 15 is 0 Å². The molecule has 214 valence electrons. The van der Waals surface area contributed by atoms with E-state index in [1.165, 1.54) is 0 Å². The van der Waals surface area contributed by atoms with Crippen molar-refractivity contribution in [1.29, 1.82) is 0 Å². The van der Waals surface area contributed by atoms with Crippen molar-refractivity contribution in [2.45, 2.75) is 57.1 Å². The second-order valence-corrected chi connectivity index (χ2v) is 12.6. The number of nitrogens with one attached hydrogen (secondary N) is 2. The Morgan fingerprint density at radius 3 is 2.49 bits per heavy atom. The van der Waals surface area contributed by atoms with E-state index in [1.54, 1.807) is 57.2 Å². The van der Waals surface area contributed by atoms with E-state index in [2.05, 4.69) is 26.6 Å². The second kappa shape index (κ2) is 11.0. The van der Waals surface area contributed by atoms with Crippen molar-refractivity contribution in [2.24, 2.45) is 0 Å². The highest BCUT2D eigenvalue weighted by atomic mass is 79.9. The van der Waals surface area contributed by atoms with Gasteiger partial charge in [0.2, 0.25) is 11.8 Å². The number of hydrogen-bond donors (Lipinski definition) is 2. The molecule has 0 bridgehead atoms. The van der Waals surface area contributed by atoms with Gasteiger partial charge in [-0.15, -0.1) is 0 Å². The number of hydrogen-bond acceptors (Lipinski definition) is 5. The van der Waals surface area contributed by atoms with E-state index in [0.29, 0.717) is 32.6 Å². The summed E-state index contributed by atoms with van der Waals surface area (Å²) in [7, 11) is 0. The molecule has 0 radical (unpaired) electrons. The van der Waals surface area contributed by atoms with Crippen LogP contribution in [0.4, 0.5) is 5.69 Å². The third kappa shape index (κ3) is 5.11. The molecule has 3 aromatic rings. The minimum atomic E-state index is -1.34. The summed E-state index contributed by atoms with van der Waals surface area (Å²) in [4.78, 5) is 40.7. The van der Waals surface area contributed by atoms with Gasteiger partial charge in [-0.1, -0.05) is 51.3 Å². The van der Waals surface area contributed by atoms with E-state index in [0.717, 1.165) is 15.6 Å². The molecular formula is C31H29BrCl2N2O5. The van der Waals surface area contributed by atoms with Gasteiger partial charge in [-0.3, -0.25) is 9.59 Å². The fourth-order valence-electron chi connectivity index (χ4n) is 5.95. The highest BCUT2D eigenvalue weighted by Crippen LogP contribution is 2.59. The van der Waals surface area contributed by atoms with Gasteiger partial charge in [-0.2, -0.15) is 0 Å². The van der Waals surface area contributed by atoms with Crippen molar-refractivity contribution in [1.82, 2.24) is 5.32 Å². The van der Waals surface area contributed by atoms with Crippen molar-refractivity contribution in [3.8, 4) is 5.75 Å². The van der Waals surface area contributed by atoms with Crippen LogP contribution in [0.25, 0.3) is 0 Å². The van der Waals surface area contributed by atoms with E-state index < -0.39 is 28.9 Å². The fraction of sp³-hybridized carbons (Fsp3) is 0.323. The first kappa shape index (κ1) is 29.4. The van der Waals surface area contributed by atoms with Gasteiger partial charge >= 0.3 is 5.97 Å². The normalized spacial score (nSPS) is 21.7. The average Bonchev–Trinajstić information content (AvgIpc) is 3.18. The van der Waals surface area contributed by atoms with Crippen LogP contribution in [0.15, 0.2) is 59.1 Å². The van der Waals surface area contributed by atoms with Crippen LogP contribution in [-0.4, -0.2) is 30.0 Å². The fourth-order valence-corrected chi connectivity index (χ4v) is 6.68. The number of aryl methyl sites for hydroxylation is 1. The maximum atomic E-state index is 14.4. The molecular weight excluding hydrogens is 631 g/mol. The highest BCUT2D eigenvalue weighted by molar-refractivity contribution is 9.10. The van der Waals surface area contributed by atoms with Crippen molar-refractivity contribution in [3.05, 3.63) is 91.4 Å². The second-order valence-electron chi connectivity index (χ2n) is 10.8. The standard InChI is InChI=1S/C31H29BrCl2N2O5/c1-5-40-29(39)30(3,4)41-25-11-7-17(32)12-21(25)23-15-26(37)36-27(20-13-18(33)8-6-16(20)2)31(23)22-10-9-19(34)14-24(22)35-28(31)38/h6-14,23,27H,5,15H2,1-4H3,(H,35,38)(H,36,37). The molecule has 1 spiro atoms. The molecule has 2 amide bonds. The first-order chi connectivity index (χ1) is 19.4. The maximum Gasteiger partial charge on any atom is 0.349 e. The van der Waals surface area contributed by atoms with Gasteiger partial charge in [-0.05, 0) is 86.8 Å². The zero-order valence-corrected chi connectivity index (χ0v) is 26.0.